The molecular weight excluding hydrogens is 385 g/mol. The van der Waals surface area contributed by atoms with Crippen molar-refractivity contribution in [2.75, 3.05) is 10.6 Å². The summed E-state index contributed by atoms with van der Waals surface area (Å²) in [5.41, 5.74) is 10.5. The van der Waals surface area contributed by atoms with Crippen molar-refractivity contribution >= 4 is 39.9 Å². The second-order valence-electron chi connectivity index (χ2n) is 4.99. The Morgan fingerprint density at radius 1 is 1.04 bits per heavy atom. The third-order valence-electron chi connectivity index (χ3n) is 2.94. The fraction of sp³-hybridized carbons (Fsp3) is 0.0625. The summed E-state index contributed by atoms with van der Waals surface area (Å²) >= 11 is 0.949. The molecule has 0 atom stereocenters. The number of benzene rings is 1. The number of hydrogen-bond donors (Lipinski definition) is 4. The summed E-state index contributed by atoms with van der Waals surface area (Å²) < 4.78 is 36.9. The van der Waals surface area contributed by atoms with Gasteiger partial charge in [0.1, 0.15) is 5.00 Å². The molecular formula is C16H11F3N4O3S. The van der Waals surface area contributed by atoms with Crippen molar-refractivity contribution in [3.63, 3.8) is 0 Å². The van der Waals surface area contributed by atoms with Gasteiger partial charge in [0.15, 0.2) is 0 Å². The smallest absolute Gasteiger partial charge is 0.366 e. The van der Waals surface area contributed by atoms with E-state index in [0.717, 1.165) is 11.3 Å². The van der Waals surface area contributed by atoms with Crippen LogP contribution in [0.4, 0.5) is 28.7 Å². The molecule has 0 radical (unpaired) electrons. The standard InChI is InChI=1S/C16H11F3N4O3S/c17-16(18,19)14(25)22-9-3-1-2-8(6-9)4-5-10-7-11(12(20)24)13(27-10)23-15(21)26/h1-3,6-7H,(H2,20,24)(H,22,25)(H3,21,23,26). The van der Waals surface area contributed by atoms with Crippen LogP contribution in [-0.2, 0) is 4.79 Å². The Morgan fingerprint density at radius 3 is 2.33 bits per heavy atom. The number of urea groups is 1. The predicted molar refractivity (Wildman–Crippen MR) is 93.1 cm³/mol. The van der Waals surface area contributed by atoms with E-state index in [1.807, 2.05) is 0 Å². The maximum absolute atomic E-state index is 12.3. The van der Waals surface area contributed by atoms with E-state index in [-0.39, 0.29) is 16.3 Å². The number of nitrogens with one attached hydrogen (secondary N) is 2. The van der Waals surface area contributed by atoms with Gasteiger partial charge in [-0.15, -0.1) is 11.3 Å². The van der Waals surface area contributed by atoms with Crippen molar-refractivity contribution in [1.82, 2.24) is 0 Å². The molecule has 0 saturated carbocycles. The van der Waals surface area contributed by atoms with Crippen LogP contribution in [0.15, 0.2) is 30.3 Å². The van der Waals surface area contributed by atoms with Crippen LogP contribution in [0.2, 0.25) is 0 Å². The highest BCUT2D eigenvalue weighted by atomic mass is 32.1. The Bertz CT molecular complexity index is 973. The molecule has 0 aliphatic heterocycles. The van der Waals surface area contributed by atoms with Crippen molar-refractivity contribution in [3.8, 4) is 11.8 Å². The lowest BCUT2D eigenvalue weighted by Gasteiger charge is -2.07. The minimum atomic E-state index is -5.01. The normalized spacial score (nSPS) is 10.5. The first kappa shape index (κ1) is 19.8. The summed E-state index contributed by atoms with van der Waals surface area (Å²) in [7, 11) is 0. The molecule has 6 N–H and O–H groups in total. The predicted octanol–water partition coefficient (Wildman–Crippen LogP) is 2.24. The summed E-state index contributed by atoms with van der Waals surface area (Å²) in [5.74, 6) is 2.48. The molecule has 2 rings (SSSR count). The Hall–Kier alpha value is -3.52. The average molecular weight is 396 g/mol. The molecule has 0 bridgehead atoms. The van der Waals surface area contributed by atoms with Crippen LogP contribution in [-0.4, -0.2) is 24.0 Å². The van der Waals surface area contributed by atoms with Gasteiger partial charge in [0, 0.05) is 11.3 Å². The second kappa shape index (κ2) is 7.79. The van der Waals surface area contributed by atoms with E-state index >= 15 is 0 Å². The van der Waals surface area contributed by atoms with E-state index in [1.165, 1.54) is 30.3 Å². The van der Waals surface area contributed by atoms with E-state index in [0.29, 0.717) is 10.4 Å². The molecule has 11 heteroatoms. The highest BCUT2D eigenvalue weighted by Gasteiger charge is 2.38. The zero-order valence-corrected chi connectivity index (χ0v) is 14.1. The molecule has 0 aliphatic carbocycles. The van der Waals surface area contributed by atoms with Crippen molar-refractivity contribution in [2.45, 2.75) is 6.18 Å². The second-order valence-corrected chi connectivity index (χ2v) is 6.04. The molecule has 2 aromatic rings. The lowest BCUT2D eigenvalue weighted by atomic mass is 10.2. The van der Waals surface area contributed by atoms with Gasteiger partial charge in [-0.05, 0) is 24.3 Å². The van der Waals surface area contributed by atoms with Gasteiger partial charge in [0.25, 0.3) is 5.91 Å². The maximum Gasteiger partial charge on any atom is 0.471 e. The zero-order valence-electron chi connectivity index (χ0n) is 13.3. The zero-order chi connectivity index (χ0) is 20.2. The Labute approximate surface area is 154 Å². The number of carbonyl (C=O) groups excluding carboxylic acids is 3. The quantitative estimate of drug-likeness (QED) is 0.594. The summed E-state index contributed by atoms with van der Waals surface area (Å²) in [4.78, 5) is 33.6. The first-order chi connectivity index (χ1) is 12.6. The third kappa shape index (κ3) is 5.48. The highest BCUT2D eigenvalue weighted by Crippen LogP contribution is 2.27. The highest BCUT2D eigenvalue weighted by molar-refractivity contribution is 7.17. The number of halogens is 3. The van der Waals surface area contributed by atoms with Crippen LogP contribution < -0.4 is 22.1 Å². The number of hydrogen-bond acceptors (Lipinski definition) is 4. The summed E-state index contributed by atoms with van der Waals surface area (Å²) in [6, 6.07) is 5.93. The van der Waals surface area contributed by atoms with E-state index in [4.69, 9.17) is 11.5 Å². The number of rotatable bonds is 3. The number of thiophene rings is 1. The van der Waals surface area contributed by atoms with Gasteiger partial charge < -0.3 is 16.8 Å². The molecule has 7 nitrogen and oxygen atoms in total. The summed E-state index contributed by atoms with van der Waals surface area (Å²) in [6.07, 6.45) is -5.01. The molecule has 4 amide bonds. The van der Waals surface area contributed by atoms with E-state index in [2.05, 4.69) is 17.2 Å². The number of anilines is 2. The van der Waals surface area contributed by atoms with Crippen molar-refractivity contribution in [1.29, 1.82) is 0 Å². The van der Waals surface area contributed by atoms with Crippen molar-refractivity contribution < 1.29 is 27.6 Å². The summed E-state index contributed by atoms with van der Waals surface area (Å²) in [6.45, 7) is 0. The Kier molecular flexibility index (Phi) is 5.72. The largest absolute Gasteiger partial charge is 0.471 e. The monoisotopic (exact) mass is 396 g/mol. The molecule has 140 valence electrons. The number of carbonyl (C=O) groups is 3. The van der Waals surface area contributed by atoms with Gasteiger partial charge in [-0.1, -0.05) is 17.9 Å². The van der Waals surface area contributed by atoms with E-state index in [1.54, 1.807) is 5.32 Å². The van der Waals surface area contributed by atoms with Gasteiger partial charge in [-0.2, -0.15) is 13.2 Å². The van der Waals surface area contributed by atoms with Crippen LogP contribution >= 0.6 is 11.3 Å². The number of alkyl halides is 3. The molecule has 0 saturated heterocycles. The van der Waals surface area contributed by atoms with E-state index in [9.17, 15) is 27.6 Å². The fourth-order valence-electron chi connectivity index (χ4n) is 1.85. The molecule has 1 aromatic carbocycles. The van der Waals surface area contributed by atoms with Crippen molar-refractivity contribution in [2.24, 2.45) is 11.5 Å². The first-order valence-electron chi connectivity index (χ1n) is 7.06. The van der Waals surface area contributed by atoms with Gasteiger partial charge in [-0.3, -0.25) is 14.9 Å². The molecule has 27 heavy (non-hydrogen) atoms. The Morgan fingerprint density at radius 2 is 1.74 bits per heavy atom. The van der Waals surface area contributed by atoms with Gasteiger partial charge in [0.2, 0.25) is 0 Å². The summed E-state index contributed by atoms with van der Waals surface area (Å²) in [5, 5.41) is 4.10. The van der Waals surface area contributed by atoms with Crippen LogP contribution in [0, 0.1) is 11.8 Å². The first-order valence-corrected chi connectivity index (χ1v) is 7.88. The average Bonchev–Trinajstić information content (AvgIpc) is 2.95. The fourth-order valence-corrected chi connectivity index (χ4v) is 2.77. The van der Waals surface area contributed by atoms with Gasteiger partial charge in [0.05, 0.1) is 10.4 Å². The van der Waals surface area contributed by atoms with Gasteiger partial charge in [-0.25, -0.2) is 4.79 Å². The minimum absolute atomic E-state index is 0.0225. The minimum Gasteiger partial charge on any atom is -0.366 e. The van der Waals surface area contributed by atoms with Gasteiger partial charge >= 0.3 is 18.1 Å². The third-order valence-corrected chi connectivity index (χ3v) is 3.91. The molecule has 0 fully saturated rings. The van der Waals surface area contributed by atoms with Crippen molar-refractivity contribution in [3.05, 3.63) is 46.3 Å². The van der Waals surface area contributed by atoms with Crippen LogP contribution in [0.3, 0.4) is 0 Å². The van der Waals surface area contributed by atoms with Crippen LogP contribution in [0.5, 0.6) is 0 Å². The van der Waals surface area contributed by atoms with E-state index < -0.39 is 24.0 Å². The number of amides is 4. The molecule has 0 unspecified atom stereocenters. The van der Waals surface area contributed by atoms with Crippen LogP contribution in [0.25, 0.3) is 0 Å². The molecule has 1 heterocycles. The lowest BCUT2D eigenvalue weighted by molar-refractivity contribution is -0.167. The molecule has 0 aliphatic rings. The SMILES string of the molecule is NC(=O)Nc1sc(C#Cc2cccc(NC(=O)C(F)(F)F)c2)cc1C(N)=O. The molecule has 1 aromatic heterocycles. The maximum atomic E-state index is 12.3. The van der Waals surface area contributed by atoms with Crippen LogP contribution in [0.1, 0.15) is 20.8 Å². The Balaban J connectivity index is 2.25. The number of nitrogens with two attached hydrogens (primary N) is 2. The topological polar surface area (TPSA) is 127 Å². The number of primary amides is 2. The lowest BCUT2D eigenvalue weighted by Crippen LogP contribution is -2.29. The molecule has 0 spiro atoms.